The van der Waals surface area contributed by atoms with Gasteiger partial charge in [-0.2, -0.15) is 0 Å². The predicted molar refractivity (Wildman–Crippen MR) is 78.0 cm³/mol. The van der Waals surface area contributed by atoms with Gasteiger partial charge in [0.2, 0.25) is 0 Å². The maximum absolute atomic E-state index is 3.59. The Balaban J connectivity index is 1.62. The van der Waals surface area contributed by atoms with E-state index in [1.165, 1.54) is 45.4 Å². The van der Waals surface area contributed by atoms with Crippen LogP contribution in [0, 0.1) is 0 Å². The van der Waals surface area contributed by atoms with Crippen molar-refractivity contribution < 1.29 is 0 Å². The fourth-order valence-corrected chi connectivity index (χ4v) is 2.82. The molecule has 1 aliphatic carbocycles. The molecule has 0 amide bonds. The molecule has 1 atom stereocenters. The molecule has 0 spiro atoms. The van der Waals surface area contributed by atoms with Crippen LogP contribution in [0.4, 0.5) is 0 Å². The van der Waals surface area contributed by atoms with E-state index in [1.807, 2.05) is 0 Å². The van der Waals surface area contributed by atoms with Crippen molar-refractivity contribution in [3.8, 4) is 0 Å². The minimum absolute atomic E-state index is 0.254. The lowest BCUT2D eigenvalue weighted by atomic mass is 10.1. The Morgan fingerprint density at radius 2 is 1.72 bits per heavy atom. The van der Waals surface area contributed by atoms with Crippen molar-refractivity contribution in [2.45, 2.75) is 64.6 Å². The molecular formula is C15H31N3. The highest BCUT2D eigenvalue weighted by atomic mass is 15.3. The number of rotatable bonds is 5. The molecule has 0 bridgehead atoms. The maximum Gasteiger partial charge on any atom is 0.0113 e. The summed E-state index contributed by atoms with van der Waals surface area (Å²) in [5, 5.41) is 3.59. The molecule has 18 heavy (non-hydrogen) atoms. The monoisotopic (exact) mass is 253 g/mol. The van der Waals surface area contributed by atoms with Crippen molar-refractivity contribution in [3.63, 3.8) is 0 Å². The largest absolute Gasteiger partial charge is 0.312 e. The molecule has 0 radical (unpaired) electrons. The summed E-state index contributed by atoms with van der Waals surface area (Å²) in [5.74, 6) is 0. The molecule has 0 aromatic heterocycles. The molecule has 2 fully saturated rings. The van der Waals surface area contributed by atoms with Crippen LogP contribution in [-0.4, -0.2) is 60.1 Å². The Morgan fingerprint density at radius 1 is 1.11 bits per heavy atom. The molecule has 106 valence electrons. The van der Waals surface area contributed by atoms with E-state index in [-0.39, 0.29) is 5.54 Å². The molecule has 3 nitrogen and oxygen atoms in total. The van der Waals surface area contributed by atoms with Gasteiger partial charge in [0, 0.05) is 43.8 Å². The molecule has 0 aromatic carbocycles. The first-order valence-corrected chi connectivity index (χ1v) is 7.69. The summed E-state index contributed by atoms with van der Waals surface area (Å²) in [6.45, 7) is 15.4. The van der Waals surface area contributed by atoms with Gasteiger partial charge in [-0.15, -0.1) is 0 Å². The number of nitrogens with one attached hydrogen (secondary N) is 1. The fourth-order valence-electron chi connectivity index (χ4n) is 2.82. The fraction of sp³-hybridized carbons (Fsp3) is 1.00. The van der Waals surface area contributed by atoms with Gasteiger partial charge in [0.05, 0.1) is 0 Å². The SMILES string of the molecule is CC(CCNC(C)(C)C)N1CCN(C2CC2)CC1. The topological polar surface area (TPSA) is 18.5 Å². The average Bonchev–Trinajstić information content (AvgIpc) is 3.11. The van der Waals surface area contributed by atoms with E-state index in [0.717, 1.165) is 18.6 Å². The molecule has 1 saturated heterocycles. The summed E-state index contributed by atoms with van der Waals surface area (Å²) in [4.78, 5) is 5.36. The van der Waals surface area contributed by atoms with Gasteiger partial charge in [-0.3, -0.25) is 9.80 Å². The van der Waals surface area contributed by atoms with E-state index in [2.05, 4.69) is 42.8 Å². The van der Waals surface area contributed by atoms with E-state index >= 15 is 0 Å². The highest BCUT2D eigenvalue weighted by molar-refractivity contribution is 4.88. The first kappa shape index (κ1) is 14.3. The van der Waals surface area contributed by atoms with Gasteiger partial charge in [0.25, 0.3) is 0 Å². The van der Waals surface area contributed by atoms with E-state index in [4.69, 9.17) is 0 Å². The second kappa shape index (κ2) is 5.89. The molecule has 0 aromatic rings. The Hall–Kier alpha value is -0.120. The van der Waals surface area contributed by atoms with Crippen LogP contribution in [0.15, 0.2) is 0 Å². The second-order valence-electron chi connectivity index (χ2n) is 7.12. The molecule has 3 heteroatoms. The van der Waals surface area contributed by atoms with Crippen molar-refractivity contribution in [2.75, 3.05) is 32.7 Å². The van der Waals surface area contributed by atoms with Gasteiger partial charge in [0.1, 0.15) is 0 Å². The molecule has 2 aliphatic rings. The van der Waals surface area contributed by atoms with Gasteiger partial charge >= 0.3 is 0 Å². The first-order valence-electron chi connectivity index (χ1n) is 7.69. The van der Waals surface area contributed by atoms with Crippen LogP contribution in [0.5, 0.6) is 0 Å². The molecular weight excluding hydrogens is 222 g/mol. The highest BCUT2D eigenvalue weighted by Crippen LogP contribution is 2.27. The summed E-state index contributed by atoms with van der Waals surface area (Å²) in [7, 11) is 0. The molecule has 1 aliphatic heterocycles. The van der Waals surface area contributed by atoms with Crippen LogP contribution in [0.1, 0.15) is 47.0 Å². The smallest absolute Gasteiger partial charge is 0.0113 e. The van der Waals surface area contributed by atoms with Crippen LogP contribution < -0.4 is 5.32 Å². The van der Waals surface area contributed by atoms with E-state index < -0.39 is 0 Å². The van der Waals surface area contributed by atoms with Gasteiger partial charge in [-0.25, -0.2) is 0 Å². The molecule has 1 unspecified atom stereocenters. The Bertz CT molecular complexity index is 247. The minimum Gasteiger partial charge on any atom is -0.312 e. The van der Waals surface area contributed by atoms with Gasteiger partial charge in [-0.05, 0) is 53.5 Å². The van der Waals surface area contributed by atoms with E-state index in [1.54, 1.807) is 0 Å². The van der Waals surface area contributed by atoms with Crippen molar-refractivity contribution in [2.24, 2.45) is 0 Å². The molecule has 1 heterocycles. The van der Waals surface area contributed by atoms with E-state index in [0.29, 0.717) is 0 Å². The predicted octanol–water partition coefficient (Wildman–Crippen LogP) is 1.93. The normalized spacial score (nSPS) is 25.3. The van der Waals surface area contributed by atoms with Gasteiger partial charge in [-0.1, -0.05) is 0 Å². The molecule has 1 saturated carbocycles. The standard InChI is InChI=1S/C15H31N3/c1-13(7-8-16-15(2,3)4)17-9-11-18(12-10-17)14-5-6-14/h13-14,16H,5-12H2,1-4H3. The van der Waals surface area contributed by atoms with Crippen molar-refractivity contribution in [3.05, 3.63) is 0 Å². The Kier molecular flexibility index (Phi) is 4.68. The quantitative estimate of drug-likeness (QED) is 0.808. The van der Waals surface area contributed by atoms with Crippen LogP contribution in [-0.2, 0) is 0 Å². The van der Waals surface area contributed by atoms with Gasteiger partial charge in [0.15, 0.2) is 0 Å². The lowest BCUT2D eigenvalue weighted by molar-refractivity contribution is 0.0935. The minimum atomic E-state index is 0.254. The number of nitrogens with zero attached hydrogens (tertiary/aromatic N) is 2. The summed E-state index contributed by atoms with van der Waals surface area (Å²) < 4.78 is 0. The van der Waals surface area contributed by atoms with Crippen LogP contribution >= 0.6 is 0 Å². The average molecular weight is 253 g/mol. The summed E-state index contributed by atoms with van der Waals surface area (Å²) in [5.41, 5.74) is 0.254. The second-order valence-corrected chi connectivity index (χ2v) is 7.12. The molecule has 2 rings (SSSR count). The third-order valence-corrected chi connectivity index (χ3v) is 4.25. The Labute approximate surface area is 113 Å². The third-order valence-electron chi connectivity index (χ3n) is 4.25. The van der Waals surface area contributed by atoms with Crippen molar-refractivity contribution in [1.82, 2.24) is 15.1 Å². The zero-order valence-electron chi connectivity index (χ0n) is 12.7. The third kappa shape index (κ3) is 4.52. The van der Waals surface area contributed by atoms with Gasteiger partial charge < -0.3 is 5.32 Å². The van der Waals surface area contributed by atoms with Crippen molar-refractivity contribution >= 4 is 0 Å². The Morgan fingerprint density at radius 3 is 2.22 bits per heavy atom. The van der Waals surface area contributed by atoms with Crippen LogP contribution in [0.3, 0.4) is 0 Å². The zero-order valence-corrected chi connectivity index (χ0v) is 12.7. The molecule has 1 N–H and O–H groups in total. The highest BCUT2D eigenvalue weighted by Gasteiger charge is 2.31. The summed E-state index contributed by atoms with van der Waals surface area (Å²) >= 11 is 0. The number of hydrogen-bond donors (Lipinski definition) is 1. The lowest BCUT2D eigenvalue weighted by Crippen LogP contribution is -2.51. The van der Waals surface area contributed by atoms with Crippen molar-refractivity contribution in [1.29, 1.82) is 0 Å². The maximum atomic E-state index is 3.59. The first-order chi connectivity index (χ1) is 8.46. The summed E-state index contributed by atoms with van der Waals surface area (Å²) in [6, 6.07) is 1.67. The lowest BCUT2D eigenvalue weighted by Gasteiger charge is -2.38. The number of hydrogen-bond acceptors (Lipinski definition) is 3. The number of piperazine rings is 1. The zero-order chi connectivity index (χ0) is 13.2. The summed E-state index contributed by atoms with van der Waals surface area (Å²) in [6.07, 6.45) is 4.16. The van der Waals surface area contributed by atoms with E-state index in [9.17, 15) is 0 Å². The van der Waals surface area contributed by atoms with Crippen LogP contribution in [0.25, 0.3) is 0 Å². The van der Waals surface area contributed by atoms with Crippen LogP contribution in [0.2, 0.25) is 0 Å².